The normalized spacial score (nSPS) is 11.1. The Hall–Kier alpha value is -3.33. The van der Waals surface area contributed by atoms with Gasteiger partial charge in [-0.2, -0.15) is 5.10 Å². The summed E-state index contributed by atoms with van der Waals surface area (Å²) in [4.78, 5) is 33.6. The van der Waals surface area contributed by atoms with Crippen molar-refractivity contribution in [3.05, 3.63) is 58.1 Å². The molecule has 1 N–H and O–H groups in total. The van der Waals surface area contributed by atoms with Gasteiger partial charge in [0.05, 0.1) is 11.9 Å². The molecule has 1 amide bonds. The van der Waals surface area contributed by atoms with Crippen LogP contribution in [-0.2, 0) is 24.8 Å². The fraction of sp³-hybridized carbons (Fsp3) is 0.286. The molecule has 30 heavy (non-hydrogen) atoms. The van der Waals surface area contributed by atoms with Crippen LogP contribution in [-0.4, -0.2) is 30.2 Å². The van der Waals surface area contributed by atoms with E-state index >= 15 is 0 Å². The Labute approximate surface area is 177 Å². The van der Waals surface area contributed by atoms with Crippen molar-refractivity contribution in [3.8, 4) is 11.3 Å². The van der Waals surface area contributed by atoms with Crippen LogP contribution in [0.2, 0.25) is 0 Å². The van der Waals surface area contributed by atoms with Gasteiger partial charge < -0.3 is 5.32 Å². The summed E-state index contributed by atoms with van der Waals surface area (Å²) in [5.41, 5.74) is 3.32. The fourth-order valence-electron chi connectivity index (χ4n) is 3.18. The van der Waals surface area contributed by atoms with E-state index in [1.54, 1.807) is 7.05 Å². The summed E-state index contributed by atoms with van der Waals surface area (Å²) in [6.45, 7) is 2.04. The van der Waals surface area contributed by atoms with Crippen molar-refractivity contribution >= 4 is 33.4 Å². The predicted octanol–water partition coefficient (Wildman–Crippen LogP) is 3.23. The van der Waals surface area contributed by atoms with E-state index in [0.717, 1.165) is 17.7 Å². The van der Waals surface area contributed by atoms with Gasteiger partial charge in [-0.1, -0.05) is 37.6 Å². The summed E-state index contributed by atoms with van der Waals surface area (Å²) in [5, 5.41) is 9.57. The number of unbranched alkanes of at least 4 members (excludes halogenated alkanes) is 1. The Morgan fingerprint density at radius 2 is 2.03 bits per heavy atom. The van der Waals surface area contributed by atoms with E-state index in [0.29, 0.717) is 16.2 Å². The second kappa shape index (κ2) is 8.58. The van der Waals surface area contributed by atoms with Crippen LogP contribution in [0.5, 0.6) is 0 Å². The van der Waals surface area contributed by atoms with Crippen molar-refractivity contribution in [1.82, 2.24) is 24.3 Å². The van der Waals surface area contributed by atoms with Crippen LogP contribution in [0.3, 0.4) is 0 Å². The Balaban J connectivity index is 1.43. The lowest BCUT2D eigenvalue weighted by Gasteiger charge is -2.05. The number of rotatable bonds is 7. The van der Waals surface area contributed by atoms with E-state index in [2.05, 4.69) is 51.6 Å². The molecule has 0 saturated carbocycles. The Bertz CT molecular complexity index is 1240. The molecule has 0 radical (unpaired) electrons. The van der Waals surface area contributed by atoms with Gasteiger partial charge in [-0.15, -0.1) is 11.3 Å². The van der Waals surface area contributed by atoms with Gasteiger partial charge in [0.15, 0.2) is 10.8 Å². The maximum absolute atomic E-state index is 12.5. The average molecular weight is 423 g/mol. The smallest absolute Gasteiger partial charge is 0.264 e. The highest BCUT2D eigenvalue weighted by atomic mass is 32.1. The zero-order chi connectivity index (χ0) is 21.1. The number of nitrogens with zero attached hydrogens (tertiary/aromatic N) is 5. The Morgan fingerprint density at radius 1 is 1.23 bits per heavy atom. The second-order valence-electron chi connectivity index (χ2n) is 7.07. The van der Waals surface area contributed by atoms with Crippen LogP contribution in [0, 0.1) is 0 Å². The van der Waals surface area contributed by atoms with Crippen LogP contribution in [0.25, 0.3) is 22.3 Å². The number of aryl methyl sites for hydroxylation is 2. The average Bonchev–Trinajstić information content (AvgIpc) is 3.36. The van der Waals surface area contributed by atoms with Gasteiger partial charge >= 0.3 is 0 Å². The Kier molecular flexibility index (Phi) is 5.71. The predicted molar refractivity (Wildman–Crippen MR) is 118 cm³/mol. The van der Waals surface area contributed by atoms with Crippen LogP contribution in [0.1, 0.15) is 25.3 Å². The number of aromatic nitrogens is 5. The number of nitrogens with one attached hydrogen (secondary N) is 1. The highest BCUT2D eigenvalue weighted by molar-refractivity contribution is 7.14. The number of benzene rings is 1. The monoisotopic (exact) mass is 422 g/mol. The van der Waals surface area contributed by atoms with Crippen molar-refractivity contribution < 1.29 is 4.79 Å². The fourth-order valence-corrected chi connectivity index (χ4v) is 3.92. The first kappa shape index (κ1) is 20.0. The molecule has 0 aliphatic rings. The molecule has 8 nitrogen and oxygen atoms in total. The molecule has 0 spiro atoms. The molecule has 9 heteroatoms. The zero-order valence-corrected chi connectivity index (χ0v) is 17.6. The number of hydrogen-bond donors (Lipinski definition) is 1. The SMILES string of the molecule is CCCCc1ccc(-c2csc(NC(=O)Cn3cnc4c(cnn4C)c3=O)n2)cc1. The van der Waals surface area contributed by atoms with Gasteiger partial charge in [-0.05, 0) is 18.4 Å². The topological polar surface area (TPSA) is 94.7 Å². The van der Waals surface area contributed by atoms with Crippen LogP contribution < -0.4 is 10.9 Å². The third kappa shape index (κ3) is 4.16. The van der Waals surface area contributed by atoms with Gasteiger partial charge in [-0.25, -0.2) is 9.97 Å². The number of fused-ring (bicyclic) bond motifs is 1. The lowest BCUT2D eigenvalue weighted by Crippen LogP contribution is -2.27. The summed E-state index contributed by atoms with van der Waals surface area (Å²) >= 11 is 1.35. The van der Waals surface area contributed by atoms with Crippen LogP contribution in [0.15, 0.2) is 47.0 Å². The van der Waals surface area contributed by atoms with Gasteiger partial charge in [0, 0.05) is 18.0 Å². The molecule has 0 aliphatic heterocycles. The molecule has 0 saturated heterocycles. The van der Waals surface area contributed by atoms with Crippen LogP contribution >= 0.6 is 11.3 Å². The second-order valence-corrected chi connectivity index (χ2v) is 7.93. The quantitative estimate of drug-likeness (QED) is 0.493. The number of amides is 1. The third-order valence-corrected chi connectivity index (χ3v) is 5.61. The minimum absolute atomic E-state index is 0.141. The van der Waals surface area contributed by atoms with Gasteiger partial charge in [-0.3, -0.25) is 18.8 Å². The first-order chi connectivity index (χ1) is 14.5. The zero-order valence-electron chi connectivity index (χ0n) is 16.8. The number of thiazole rings is 1. The largest absolute Gasteiger partial charge is 0.300 e. The minimum Gasteiger partial charge on any atom is -0.300 e. The molecule has 4 rings (SSSR count). The molecule has 0 fully saturated rings. The maximum Gasteiger partial charge on any atom is 0.264 e. The van der Waals surface area contributed by atoms with Crippen molar-refractivity contribution in [3.63, 3.8) is 0 Å². The molecule has 0 unspecified atom stereocenters. The standard InChI is InChI=1S/C21H22N6O2S/c1-3-4-5-14-6-8-15(9-7-14)17-12-30-21(24-17)25-18(28)11-27-13-22-19-16(20(27)29)10-23-26(19)2/h6-10,12-13H,3-5,11H2,1-2H3,(H,24,25,28). The molecule has 3 heterocycles. The molecule has 4 aromatic rings. The van der Waals surface area contributed by atoms with Gasteiger partial charge in [0.25, 0.3) is 5.56 Å². The van der Waals surface area contributed by atoms with E-state index < -0.39 is 0 Å². The number of carbonyl (C=O) groups is 1. The molecular formula is C21H22N6O2S. The molecule has 0 bridgehead atoms. The number of carbonyl (C=O) groups excluding carboxylic acids is 1. The third-order valence-electron chi connectivity index (χ3n) is 4.85. The number of anilines is 1. The lowest BCUT2D eigenvalue weighted by molar-refractivity contribution is -0.116. The molecule has 154 valence electrons. The summed E-state index contributed by atoms with van der Waals surface area (Å²) in [6.07, 6.45) is 6.25. The van der Waals surface area contributed by atoms with Crippen molar-refractivity contribution in [2.75, 3.05) is 5.32 Å². The van der Waals surface area contributed by atoms with Gasteiger partial charge in [0.2, 0.25) is 5.91 Å². The Morgan fingerprint density at radius 3 is 2.80 bits per heavy atom. The maximum atomic E-state index is 12.5. The summed E-state index contributed by atoms with van der Waals surface area (Å²) < 4.78 is 2.79. The lowest BCUT2D eigenvalue weighted by atomic mass is 10.1. The van der Waals surface area contributed by atoms with E-state index in [9.17, 15) is 9.59 Å². The van der Waals surface area contributed by atoms with E-state index in [1.165, 1.54) is 51.5 Å². The first-order valence-corrected chi connectivity index (χ1v) is 10.6. The van der Waals surface area contributed by atoms with E-state index in [1.807, 2.05) is 5.38 Å². The molecule has 1 aromatic carbocycles. The molecular weight excluding hydrogens is 400 g/mol. The van der Waals surface area contributed by atoms with E-state index in [-0.39, 0.29) is 18.0 Å². The van der Waals surface area contributed by atoms with Crippen molar-refractivity contribution in [1.29, 1.82) is 0 Å². The van der Waals surface area contributed by atoms with Crippen molar-refractivity contribution in [2.24, 2.45) is 7.05 Å². The van der Waals surface area contributed by atoms with E-state index in [4.69, 9.17) is 0 Å². The molecule has 0 atom stereocenters. The molecule has 3 aromatic heterocycles. The first-order valence-electron chi connectivity index (χ1n) is 9.77. The summed E-state index contributed by atoms with van der Waals surface area (Å²) in [5.74, 6) is -0.335. The number of hydrogen-bond acceptors (Lipinski definition) is 6. The van der Waals surface area contributed by atoms with Crippen molar-refractivity contribution in [2.45, 2.75) is 32.7 Å². The molecule has 0 aliphatic carbocycles. The summed E-state index contributed by atoms with van der Waals surface area (Å²) in [6, 6.07) is 8.35. The minimum atomic E-state index is -0.335. The highest BCUT2D eigenvalue weighted by Gasteiger charge is 2.12. The summed E-state index contributed by atoms with van der Waals surface area (Å²) in [7, 11) is 1.71. The van der Waals surface area contributed by atoms with Gasteiger partial charge in [0.1, 0.15) is 18.3 Å². The highest BCUT2D eigenvalue weighted by Crippen LogP contribution is 2.25. The van der Waals surface area contributed by atoms with Crippen LogP contribution in [0.4, 0.5) is 5.13 Å².